The van der Waals surface area contributed by atoms with E-state index in [4.69, 9.17) is 0 Å². The van der Waals surface area contributed by atoms with Gasteiger partial charge in [-0.2, -0.15) is 0 Å². The monoisotopic (exact) mass is 352 g/mol. The summed E-state index contributed by atoms with van der Waals surface area (Å²) < 4.78 is 0. The highest BCUT2D eigenvalue weighted by Crippen LogP contribution is 2.24. The summed E-state index contributed by atoms with van der Waals surface area (Å²) in [5.74, 6) is -0.851. The summed E-state index contributed by atoms with van der Waals surface area (Å²) in [6, 6.07) is 12.3. The van der Waals surface area contributed by atoms with Crippen molar-refractivity contribution < 1.29 is 14.4 Å². The van der Waals surface area contributed by atoms with Gasteiger partial charge in [0, 0.05) is 16.9 Å². The van der Waals surface area contributed by atoms with Crippen molar-refractivity contribution >= 4 is 29.0 Å². The SMILES string of the molecule is CC(=O)c1ccc(NC(=O)C(C)(C)C(=O)Nc2cc(C)ccc2C)cc1. The first-order chi connectivity index (χ1) is 12.1. The van der Waals surface area contributed by atoms with Crippen LogP contribution in [0.25, 0.3) is 0 Å². The van der Waals surface area contributed by atoms with Crippen LogP contribution < -0.4 is 10.6 Å². The van der Waals surface area contributed by atoms with E-state index in [0.29, 0.717) is 16.9 Å². The van der Waals surface area contributed by atoms with Crippen LogP contribution in [0.1, 0.15) is 42.3 Å². The third-order valence-electron chi connectivity index (χ3n) is 4.33. The summed E-state index contributed by atoms with van der Waals surface area (Å²) in [6.07, 6.45) is 0. The number of anilines is 2. The first-order valence-corrected chi connectivity index (χ1v) is 8.42. The van der Waals surface area contributed by atoms with E-state index in [-0.39, 0.29) is 11.7 Å². The van der Waals surface area contributed by atoms with Crippen LogP contribution >= 0.6 is 0 Å². The van der Waals surface area contributed by atoms with Crippen LogP contribution in [0.15, 0.2) is 42.5 Å². The highest BCUT2D eigenvalue weighted by Gasteiger charge is 2.36. The van der Waals surface area contributed by atoms with E-state index in [0.717, 1.165) is 11.1 Å². The number of hydrogen-bond acceptors (Lipinski definition) is 3. The van der Waals surface area contributed by atoms with E-state index in [1.165, 1.54) is 6.92 Å². The second-order valence-corrected chi connectivity index (χ2v) is 6.99. The van der Waals surface area contributed by atoms with E-state index in [1.54, 1.807) is 38.1 Å². The van der Waals surface area contributed by atoms with Gasteiger partial charge in [0.2, 0.25) is 11.8 Å². The van der Waals surface area contributed by atoms with Gasteiger partial charge in [0.15, 0.2) is 5.78 Å². The minimum atomic E-state index is -1.27. The Morgan fingerprint density at radius 2 is 1.42 bits per heavy atom. The predicted octanol–water partition coefficient (Wildman–Crippen LogP) is 4.11. The quantitative estimate of drug-likeness (QED) is 0.628. The normalized spacial score (nSPS) is 11.0. The molecule has 0 bridgehead atoms. The lowest BCUT2D eigenvalue weighted by Gasteiger charge is -2.23. The van der Waals surface area contributed by atoms with Gasteiger partial charge in [-0.15, -0.1) is 0 Å². The fourth-order valence-electron chi connectivity index (χ4n) is 2.33. The van der Waals surface area contributed by atoms with Crippen molar-refractivity contribution in [1.29, 1.82) is 0 Å². The molecule has 2 N–H and O–H groups in total. The van der Waals surface area contributed by atoms with Crippen molar-refractivity contribution in [2.75, 3.05) is 10.6 Å². The number of benzene rings is 2. The molecule has 2 amide bonds. The largest absolute Gasteiger partial charge is 0.325 e. The average Bonchev–Trinajstić information content (AvgIpc) is 2.58. The van der Waals surface area contributed by atoms with Gasteiger partial charge in [0.05, 0.1) is 0 Å². The number of hydrogen-bond donors (Lipinski definition) is 2. The lowest BCUT2D eigenvalue weighted by atomic mass is 9.90. The lowest BCUT2D eigenvalue weighted by molar-refractivity contribution is -0.135. The Morgan fingerprint density at radius 3 is 2.00 bits per heavy atom. The maximum atomic E-state index is 12.7. The van der Waals surface area contributed by atoms with Crippen LogP contribution in [0.5, 0.6) is 0 Å². The number of ketones is 1. The summed E-state index contributed by atoms with van der Waals surface area (Å²) in [6.45, 7) is 8.48. The number of carbonyl (C=O) groups is 3. The average molecular weight is 352 g/mol. The molecule has 0 fully saturated rings. The second kappa shape index (κ2) is 7.52. The zero-order valence-corrected chi connectivity index (χ0v) is 15.8. The standard InChI is InChI=1S/C21H24N2O3/c1-13-6-7-14(2)18(12-13)23-20(26)21(4,5)19(25)22-17-10-8-16(9-11-17)15(3)24/h6-12H,1-5H3,(H,22,25)(H,23,26). The highest BCUT2D eigenvalue weighted by atomic mass is 16.2. The Morgan fingerprint density at radius 1 is 0.846 bits per heavy atom. The molecule has 5 heteroatoms. The fourth-order valence-corrected chi connectivity index (χ4v) is 2.33. The molecule has 0 aromatic heterocycles. The Balaban J connectivity index is 2.12. The summed E-state index contributed by atoms with van der Waals surface area (Å²) in [5.41, 5.74) is 2.48. The number of aryl methyl sites for hydroxylation is 2. The number of Topliss-reactive ketones (excluding diaryl/α,β-unsaturated/α-hetero) is 1. The molecule has 0 aliphatic heterocycles. The Labute approximate surface area is 153 Å². The molecule has 0 radical (unpaired) electrons. The number of rotatable bonds is 5. The molecule has 0 unspecified atom stereocenters. The smallest absolute Gasteiger partial charge is 0.239 e. The minimum absolute atomic E-state index is 0.0453. The van der Waals surface area contributed by atoms with Crippen molar-refractivity contribution in [3.05, 3.63) is 59.2 Å². The molecule has 0 saturated heterocycles. The van der Waals surface area contributed by atoms with Crippen molar-refractivity contribution in [3.63, 3.8) is 0 Å². The van der Waals surface area contributed by atoms with Gasteiger partial charge in [0.25, 0.3) is 0 Å². The third-order valence-corrected chi connectivity index (χ3v) is 4.33. The molecule has 2 aromatic carbocycles. The number of amides is 2. The molecule has 0 aliphatic rings. The molecule has 0 heterocycles. The maximum Gasteiger partial charge on any atom is 0.239 e. The number of nitrogens with one attached hydrogen (secondary N) is 2. The zero-order chi connectivity index (χ0) is 19.5. The molecule has 0 saturated carbocycles. The van der Waals surface area contributed by atoms with Gasteiger partial charge >= 0.3 is 0 Å². The van der Waals surface area contributed by atoms with E-state index in [9.17, 15) is 14.4 Å². The molecule has 2 rings (SSSR count). The van der Waals surface area contributed by atoms with Crippen LogP contribution in [0.3, 0.4) is 0 Å². The summed E-state index contributed by atoms with van der Waals surface area (Å²) >= 11 is 0. The molecule has 0 aliphatic carbocycles. The van der Waals surface area contributed by atoms with E-state index in [2.05, 4.69) is 10.6 Å². The Bertz CT molecular complexity index is 852. The molecule has 136 valence electrons. The predicted molar refractivity (Wildman–Crippen MR) is 103 cm³/mol. The highest BCUT2D eigenvalue weighted by molar-refractivity contribution is 6.14. The van der Waals surface area contributed by atoms with Gasteiger partial charge in [-0.3, -0.25) is 14.4 Å². The van der Waals surface area contributed by atoms with Crippen molar-refractivity contribution in [2.45, 2.75) is 34.6 Å². The van der Waals surface area contributed by atoms with Crippen LogP contribution in [-0.4, -0.2) is 17.6 Å². The molecule has 0 atom stereocenters. The van der Waals surface area contributed by atoms with E-state index < -0.39 is 11.3 Å². The second-order valence-electron chi connectivity index (χ2n) is 6.99. The van der Waals surface area contributed by atoms with Gasteiger partial charge < -0.3 is 10.6 Å². The summed E-state index contributed by atoms with van der Waals surface area (Å²) in [7, 11) is 0. The molecule has 2 aromatic rings. The van der Waals surface area contributed by atoms with Crippen LogP contribution in [0.2, 0.25) is 0 Å². The van der Waals surface area contributed by atoms with E-state index in [1.807, 2.05) is 32.0 Å². The van der Waals surface area contributed by atoms with Gasteiger partial charge in [-0.1, -0.05) is 12.1 Å². The van der Waals surface area contributed by atoms with Gasteiger partial charge in [0.1, 0.15) is 5.41 Å². The minimum Gasteiger partial charge on any atom is -0.325 e. The van der Waals surface area contributed by atoms with E-state index >= 15 is 0 Å². The molecule has 0 spiro atoms. The van der Waals surface area contributed by atoms with Crippen molar-refractivity contribution in [2.24, 2.45) is 5.41 Å². The Hall–Kier alpha value is -2.95. The topological polar surface area (TPSA) is 75.3 Å². The van der Waals surface area contributed by atoms with Crippen molar-refractivity contribution in [1.82, 2.24) is 0 Å². The zero-order valence-electron chi connectivity index (χ0n) is 15.8. The molecular weight excluding hydrogens is 328 g/mol. The van der Waals surface area contributed by atoms with Gasteiger partial charge in [-0.05, 0) is 76.1 Å². The first-order valence-electron chi connectivity index (χ1n) is 8.42. The molecule has 5 nitrogen and oxygen atoms in total. The molecule has 26 heavy (non-hydrogen) atoms. The first kappa shape index (κ1) is 19.4. The third kappa shape index (κ3) is 4.36. The Kier molecular flexibility index (Phi) is 5.60. The van der Waals surface area contributed by atoms with Gasteiger partial charge in [-0.25, -0.2) is 0 Å². The van der Waals surface area contributed by atoms with Crippen LogP contribution in [0, 0.1) is 19.3 Å². The fraction of sp³-hybridized carbons (Fsp3) is 0.286. The number of carbonyl (C=O) groups excluding carboxylic acids is 3. The van der Waals surface area contributed by atoms with Crippen LogP contribution in [-0.2, 0) is 9.59 Å². The summed E-state index contributed by atoms with van der Waals surface area (Å²) in [4.78, 5) is 36.6. The van der Waals surface area contributed by atoms with Crippen molar-refractivity contribution in [3.8, 4) is 0 Å². The lowest BCUT2D eigenvalue weighted by Crippen LogP contribution is -2.41. The summed E-state index contributed by atoms with van der Waals surface area (Å²) in [5, 5.41) is 5.57. The molecular formula is C21H24N2O3. The maximum absolute atomic E-state index is 12.7. The van der Waals surface area contributed by atoms with Crippen LogP contribution in [0.4, 0.5) is 11.4 Å².